The van der Waals surface area contributed by atoms with Crippen molar-refractivity contribution in [2.24, 2.45) is 0 Å². The van der Waals surface area contributed by atoms with Crippen LogP contribution in [0.2, 0.25) is 0 Å². The molecule has 0 saturated heterocycles. The van der Waals surface area contributed by atoms with E-state index in [0.29, 0.717) is 11.4 Å². The molecule has 1 aliphatic heterocycles. The normalized spacial score (nSPS) is 12.7. The van der Waals surface area contributed by atoms with E-state index in [4.69, 9.17) is 9.97 Å². The van der Waals surface area contributed by atoms with E-state index in [-0.39, 0.29) is 49.9 Å². The van der Waals surface area contributed by atoms with Crippen molar-refractivity contribution >= 4 is 34.5 Å². The number of hydrogen-bond donors (Lipinski definition) is 1. The second-order valence-electron chi connectivity index (χ2n) is 22.2. The molecule has 0 atom stereocenters. The van der Waals surface area contributed by atoms with Crippen LogP contribution in [-0.2, 0) is 37.3 Å². The number of aromatic hydroxyl groups is 1. The summed E-state index contributed by atoms with van der Waals surface area (Å²) in [6.07, 6.45) is 1.90. The number of phenolic OH excluding ortho intramolecular Hbond substituents is 1. The number of imidazole rings is 1. The Morgan fingerprint density at radius 3 is 1.86 bits per heavy atom. The van der Waals surface area contributed by atoms with Crippen LogP contribution in [0.3, 0.4) is 0 Å². The topological polar surface area (TPSA) is 54.2 Å². The van der Waals surface area contributed by atoms with Gasteiger partial charge in [-0.2, -0.15) is 0 Å². The first-order chi connectivity index (χ1) is 32.8. The van der Waals surface area contributed by atoms with Gasteiger partial charge in [-0.1, -0.05) is 182 Å². The third kappa shape index (κ3) is 8.53. The molecule has 0 radical (unpaired) electrons. The maximum absolute atomic E-state index is 12.7. The van der Waals surface area contributed by atoms with E-state index >= 15 is 0 Å². The van der Waals surface area contributed by atoms with Gasteiger partial charge in [-0.05, 0) is 113 Å². The Morgan fingerprint density at radius 2 is 1.21 bits per heavy atom. The molecular formula is C63H62BN4OPt-. The van der Waals surface area contributed by atoms with Crippen molar-refractivity contribution in [2.45, 2.75) is 92.4 Å². The first-order valence-corrected chi connectivity index (χ1v) is 24.3. The standard InChI is InChI=1S/C63H62BN4O.Pt/c1-39-20-19-21-40(2)57(39)64-51-28-26-44(52-35-43(32-33-65-52)41-22-15-13-16-23-41)34-48(51)56-54(67(64)12)30-31-55-58(56)66-60(49-37-46(62(6,7)8)38-50(59(49)69)63(9,10)11)68(55)53-29-27-45(61(3,4)5)36-47(53)42-24-17-14-18-25-42;/h13-33,35-38,69H,1-12H3;/q-1;. The van der Waals surface area contributed by atoms with E-state index in [0.717, 1.165) is 83.6 Å². The second kappa shape index (κ2) is 18.0. The van der Waals surface area contributed by atoms with Crippen molar-refractivity contribution in [2.75, 3.05) is 11.9 Å². The van der Waals surface area contributed by atoms with Gasteiger partial charge in [0.15, 0.2) is 0 Å². The van der Waals surface area contributed by atoms with Gasteiger partial charge in [0.1, 0.15) is 11.6 Å². The minimum Gasteiger partial charge on any atom is -0.507 e. The molecule has 70 heavy (non-hydrogen) atoms. The molecule has 1 N–H and O–H groups in total. The number of pyridine rings is 1. The van der Waals surface area contributed by atoms with Crippen molar-refractivity contribution < 1.29 is 26.2 Å². The van der Waals surface area contributed by atoms with E-state index in [1.807, 2.05) is 12.3 Å². The number of nitrogens with zero attached hydrogens (tertiary/aromatic N) is 4. The molecule has 0 aliphatic carbocycles. The number of anilines is 1. The van der Waals surface area contributed by atoms with E-state index in [2.05, 4.69) is 238 Å². The van der Waals surface area contributed by atoms with Gasteiger partial charge in [-0.3, -0.25) is 9.55 Å². The predicted molar refractivity (Wildman–Crippen MR) is 292 cm³/mol. The Kier molecular flexibility index (Phi) is 12.5. The van der Waals surface area contributed by atoms with Crippen LogP contribution in [0.15, 0.2) is 152 Å². The molecule has 10 rings (SSSR count). The van der Waals surface area contributed by atoms with Crippen LogP contribution in [0.25, 0.3) is 72.7 Å². The number of fused-ring (bicyclic) bond motifs is 5. The minimum atomic E-state index is -0.346. The summed E-state index contributed by atoms with van der Waals surface area (Å²) in [5.74, 6) is 0.932. The van der Waals surface area contributed by atoms with Crippen LogP contribution in [0.5, 0.6) is 5.75 Å². The molecule has 7 aromatic carbocycles. The predicted octanol–water partition coefficient (Wildman–Crippen LogP) is 14.3. The summed E-state index contributed by atoms with van der Waals surface area (Å²) in [5.41, 5.74) is 20.3. The van der Waals surface area contributed by atoms with Gasteiger partial charge in [0.05, 0.1) is 22.3 Å². The fraction of sp³-hybridized carbons (Fsp3) is 0.238. The number of aromatic nitrogens is 3. The maximum Gasteiger partial charge on any atom is 0.278 e. The fourth-order valence-corrected chi connectivity index (χ4v) is 10.4. The van der Waals surface area contributed by atoms with Crippen molar-refractivity contribution in [1.29, 1.82) is 0 Å². The van der Waals surface area contributed by atoms with Crippen LogP contribution in [0, 0.1) is 19.9 Å². The first kappa shape index (κ1) is 48.5. The summed E-state index contributed by atoms with van der Waals surface area (Å²) in [5, 5.41) is 12.7. The molecule has 0 fully saturated rings. The molecule has 7 heteroatoms. The van der Waals surface area contributed by atoms with Gasteiger partial charge in [0, 0.05) is 44.1 Å². The average molecular weight is 1100 g/mol. The van der Waals surface area contributed by atoms with Crippen LogP contribution >= 0.6 is 0 Å². The summed E-state index contributed by atoms with van der Waals surface area (Å²) in [6.45, 7) is 24.4. The zero-order chi connectivity index (χ0) is 48.7. The van der Waals surface area contributed by atoms with Crippen molar-refractivity contribution in [3.8, 4) is 67.5 Å². The monoisotopic (exact) mass is 1100 g/mol. The summed E-state index contributed by atoms with van der Waals surface area (Å²) in [7, 11) is 2.22. The van der Waals surface area contributed by atoms with E-state index < -0.39 is 0 Å². The molecule has 5 nitrogen and oxygen atoms in total. The van der Waals surface area contributed by atoms with E-state index in [9.17, 15) is 5.11 Å². The number of benzene rings is 7. The second-order valence-corrected chi connectivity index (χ2v) is 22.2. The van der Waals surface area contributed by atoms with Gasteiger partial charge in [0.25, 0.3) is 6.85 Å². The first-order valence-electron chi connectivity index (χ1n) is 24.3. The molecule has 0 spiro atoms. The largest absolute Gasteiger partial charge is 0.507 e. The number of aryl methyl sites for hydroxylation is 2. The number of phenols is 1. The molecular weight excluding hydrogens is 1030 g/mol. The van der Waals surface area contributed by atoms with E-state index in [1.165, 1.54) is 22.2 Å². The van der Waals surface area contributed by atoms with Crippen molar-refractivity contribution in [1.82, 2.24) is 14.5 Å². The Labute approximate surface area is 430 Å². The maximum atomic E-state index is 12.7. The molecule has 1 aliphatic rings. The summed E-state index contributed by atoms with van der Waals surface area (Å²) >= 11 is 0. The Morgan fingerprint density at radius 1 is 0.586 bits per heavy atom. The summed E-state index contributed by atoms with van der Waals surface area (Å²) in [4.78, 5) is 13.2. The van der Waals surface area contributed by atoms with Crippen LogP contribution in [0.1, 0.15) is 90.1 Å². The van der Waals surface area contributed by atoms with E-state index in [1.54, 1.807) is 0 Å². The van der Waals surface area contributed by atoms with Crippen LogP contribution in [-0.4, -0.2) is 33.5 Å². The molecule has 3 heterocycles. The van der Waals surface area contributed by atoms with Gasteiger partial charge >= 0.3 is 0 Å². The SMILES string of the molecule is Cc1cccc(C)c1B1c2ccc(-c3cc(-c4ccccc4)ccn3)[c-]c2-c2c(ccc3c2nc(-c2cc(C(C)(C)C)cc(C(C)(C)C)c2O)n3-c2ccc(C(C)(C)C)cc2-c2ccccc2)N1C.[Pt]. The van der Waals surface area contributed by atoms with Gasteiger partial charge < -0.3 is 9.92 Å². The Balaban J connectivity index is 0.00000608. The molecule has 0 bridgehead atoms. The minimum absolute atomic E-state index is 0. The zero-order valence-corrected chi connectivity index (χ0v) is 44.8. The van der Waals surface area contributed by atoms with Gasteiger partial charge in [-0.25, -0.2) is 4.98 Å². The number of hydrogen-bond acceptors (Lipinski definition) is 4. The van der Waals surface area contributed by atoms with Crippen molar-refractivity contribution in [3.05, 3.63) is 186 Å². The third-order valence-corrected chi connectivity index (χ3v) is 14.3. The summed E-state index contributed by atoms with van der Waals surface area (Å²) in [6, 6.07) is 56.2. The molecule has 9 aromatic rings. The van der Waals surface area contributed by atoms with Crippen molar-refractivity contribution in [3.63, 3.8) is 0 Å². The average Bonchev–Trinajstić information content (AvgIpc) is 3.71. The fourth-order valence-electron chi connectivity index (χ4n) is 10.4. The summed E-state index contributed by atoms with van der Waals surface area (Å²) < 4.78 is 2.31. The molecule has 354 valence electrons. The molecule has 0 unspecified atom stereocenters. The smallest absolute Gasteiger partial charge is 0.278 e. The van der Waals surface area contributed by atoms with Crippen LogP contribution < -0.4 is 15.7 Å². The van der Waals surface area contributed by atoms with Crippen LogP contribution in [0.4, 0.5) is 5.69 Å². The zero-order valence-electron chi connectivity index (χ0n) is 42.6. The van der Waals surface area contributed by atoms with Gasteiger partial charge in [0.2, 0.25) is 0 Å². The quantitative estimate of drug-likeness (QED) is 0.133. The Hall–Kier alpha value is -6.49. The third-order valence-electron chi connectivity index (χ3n) is 14.3. The number of rotatable bonds is 6. The Bertz CT molecular complexity index is 3430. The molecule has 0 amide bonds. The molecule has 0 saturated carbocycles. The van der Waals surface area contributed by atoms with Gasteiger partial charge in [-0.15, -0.1) is 29.2 Å². The molecule has 2 aromatic heterocycles.